The van der Waals surface area contributed by atoms with Gasteiger partial charge in [0.2, 0.25) is 5.91 Å². The maximum absolute atomic E-state index is 11.1. The Bertz CT molecular complexity index is 351. The van der Waals surface area contributed by atoms with Gasteiger partial charge in [-0.15, -0.1) is 0 Å². The standard InChI is InChI=1S/C8H7ClN2O/c9-4-1-2-6-5(3-4)7(10)8(12)11-6/h1-3,7H,10H2,(H,11,12). The third-order valence-electron chi connectivity index (χ3n) is 1.89. The highest BCUT2D eigenvalue weighted by Gasteiger charge is 2.26. The van der Waals surface area contributed by atoms with Crippen LogP contribution in [0.15, 0.2) is 18.2 Å². The van der Waals surface area contributed by atoms with Gasteiger partial charge in [-0.1, -0.05) is 11.6 Å². The second-order valence-electron chi connectivity index (χ2n) is 2.70. The van der Waals surface area contributed by atoms with Crippen molar-refractivity contribution in [1.82, 2.24) is 0 Å². The van der Waals surface area contributed by atoms with Crippen molar-refractivity contribution in [2.45, 2.75) is 6.04 Å². The minimum atomic E-state index is -0.571. The fourth-order valence-corrected chi connectivity index (χ4v) is 1.44. The Hall–Kier alpha value is -1.06. The highest BCUT2D eigenvalue weighted by atomic mass is 35.5. The average Bonchev–Trinajstić information content (AvgIpc) is 2.31. The Labute approximate surface area is 74.5 Å². The van der Waals surface area contributed by atoms with Crippen LogP contribution in [0.1, 0.15) is 11.6 Å². The van der Waals surface area contributed by atoms with E-state index >= 15 is 0 Å². The first-order chi connectivity index (χ1) is 5.68. The molecule has 0 aliphatic carbocycles. The normalized spacial score (nSPS) is 20.5. The number of rotatable bonds is 0. The number of halogens is 1. The number of carbonyl (C=O) groups is 1. The highest BCUT2D eigenvalue weighted by molar-refractivity contribution is 6.30. The first-order valence-corrected chi connectivity index (χ1v) is 3.92. The number of carbonyl (C=O) groups excluding carboxylic acids is 1. The summed E-state index contributed by atoms with van der Waals surface area (Å²) in [6.07, 6.45) is 0. The lowest BCUT2D eigenvalue weighted by Gasteiger charge is -2.00. The Morgan fingerprint density at radius 2 is 2.25 bits per heavy atom. The maximum atomic E-state index is 11.1. The molecule has 1 atom stereocenters. The van der Waals surface area contributed by atoms with Crippen LogP contribution in [0.3, 0.4) is 0 Å². The van der Waals surface area contributed by atoms with Crippen molar-refractivity contribution >= 4 is 23.2 Å². The van der Waals surface area contributed by atoms with Crippen LogP contribution in [0.4, 0.5) is 5.69 Å². The van der Waals surface area contributed by atoms with E-state index in [4.69, 9.17) is 17.3 Å². The average molecular weight is 183 g/mol. The van der Waals surface area contributed by atoms with Gasteiger partial charge in [0.25, 0.3) is 0 Å². The molecule has 1 aliphatic rings. The fourth-order valence-electron chi connectivity index (χ4n) is 1.26. The first kappa shape index (κ1) is 7.58. The third-order valence-corrected chi connectivity index (χ3v) is 2.12. The van der Waals surface area contributed by atoms with Crippen LogP contribution in [-0.2, 0) is 4.79 Å². The molecule has 1 amide bonds. The molecule has 4 heteroatoms. The predicted molar refractivity (Wildman–Crippen MR) is 47.0 cm³/mol. The largest absolute Gasteiger partial charge is 0.324 e. The molecule has 0 bridgehead atoms. The van der Waals surface area contributed by atoms with Gasteiger partial charge >= 0.3 is 0 Å². The topological polar surface area (TPSA) is 55.1 Å². The predicted octanol–water partition coefficient (Wildman–Crippen LogP) is 1.29. The Kier molecular flexibility index (Phi) is 1.56. The highest BCUT2D eigenvalue weighted by Crippen LogP contribution is 2.30. The van der Waals surface area contributed by atoms with E-state index in [1.807, 2.05) is 0 Å². The molecule has 0 saturated heterocycles. The van der Waals surface area contributed by atoms with E-state index in [1.54, 1.807) is 18.2 Å². The molecule has 2 rings (SSSR count). The molecule has 1 heterocycles. The molecule has 0 fully saturated rings. The van der Waals surface area contributed by atoms with Crippen LogP contribution in [0, 0.1) is 0 Å². The van der Waals surface area contributed by atoms with Gasteiger partial charge in [-0.05, 0) is 18.2 Å². The van der Waals surface area contributed by atoms with E-state index in [9.17, 15) is 4.79 Å². The summed E-state index contributed by atoms with van der Waals surface area (Å²) in [6, 6.07) is 4.61. The lowest BCUT2D eigenvalue weighted by molar-refractivity contribution is -0.116. The van der Waals surface area contributed by atoms with Crippen molar-refractivity contribution in [2.75, 3.05) is 5.32 Å². The van der Waals surface area contributed by atoms with Crippen molar-refractivity contribution in [3.8, 4) is 0 Å². The van der Waals surface area contributed by atoms with E-state index in [1.165, 1.54) is 0 Å². The molecule has 3 nitrogen and oxygen atoms in total. The Morgan fingerprint density at radius 3 is 3.00 bits per heavy atom. The summed E-state index contributed by atoms with van der Waals surface area (Å²) in [5, 5.41) is 3.25. The summed E-state index contributed by atoms with van der Waals surface area (Å²) in [4.78, 5) is 11.1. The van der Waals surface area contributed by atoms with E-state index in [0.29, 0.717) is 5.02 Å². The number of hydrogen-bond acceptors (Lipinski definition) is 2. The van der Waals surface area contributed by atoms with Crippen LogP contribution in [0.2, 0.25) is 5.02 Å². The van der Waals surface area contributed by atoms with Gasteiger partial charge in [0.15, 0.2) is 0 Å². The summed E-state index contributed by atoms with van der Waals surface area (Å²) in [5.41, 5.74) is 7.12. The van der Waals surface area contributed by atoms with Gasteiger partial charge in [-0.3, -0.25) is 4.79 Å². The molecule has 0 radical (unpaired) electrons. The third kappa shape index (κ3) is 0.983. The summed E-state index contributed by atoms with van der Waals surface area (Å²) >= 11 is 5.74. The molecule has 1 aromatic rings. The quantitative estimate of drug-likeness (QED) is 0.635. The van der Waals surface area contributed by atoms with Crippen LogP contribution in [0.5, 0.6) is 0 Å². The molecule has 0 aromatic heterocycles. The van der Waals surface area contributed by atoms with Gasteiger partial charge in [0.1, 0.15) is 6.04 Å². The summed E-state index contributed by atoms with van der Waals surface area (Å²) in [5.74, 6) is -0.174. The Morgan fingerprint density at radius 1 is 1.50 bits per heavy atom. The lowest BCUT2D eigenvalue weighted by atomic mass is 10.1. The molecule has 0 spiro atoms. The van der Waals surface area contributed by atoms with Crippen molar-refractivity contribution in [2.24, 2.45) is 5.73 Å². The van der Waals surface area contributed by atoms with E-state index in [-0.39, 0.29) is 5.91 Å². The minimum Gasteiger partial charge on any atom is -0.324 e. The van der Waals surface area contributed by atoms with Crippen LogP contribution < -0.4 is 11.1 Å². The number of nitrogens with two attached hydrogens (primary N) is 1. The van der Waals surface area contributed by atoms with Gasteiger partial charge < -0.3 is 11.1 Å². The van der Waals surface area contributed by atoms with Gasteiger partial charge in [0, 0.05) is 16.3 Å². The Balaban J connectivity index is 2.55. The van der Waals surface area contributed by atoms with Crippen molar-refractivity contribution in [3.63, 3.8) is 0 Å². The number of amides is 1. The van der Waals surface area contributed by atoms with E-state index in [2.05, 4.69) is 5.32 Å². The smallest absolute Gasteiger partial charge is 0.245 e. The number of benzene rings is 1. The molecular weight excluding hydrogens is 176 g/mol. The SMILES string of the molecule is NC1C(=O)Nc2ccc(Cl)cc21. The monoisotopic (exact) mass is 182 g/mol. The first-order valence-electron chi connectivity index (χ1n) is 3.54. The second-order valence-corrected chi connectivity index (χ2v) is 3.13. The maximum Gasteiger partial charge on any atom is 0.245 e. The van der Waals surface area contributed by atoms with E-state index in [0.717, 1.165) is 11.3 Å². The summed E-state index contributed by atoms with van der Waals surface area (Å²) < 4.78 is 0. The number of anilines is 1. The number of hydrogen-bond donors (Lipinski definition) is 2. The molecule has 62 valence electrons. The lowest BCUT2D eigenvalue weighted by Crippen LogP contribution is -2.19. The molecule has 12 heavy (non-hydrogen) atoms. The van der Waals surface area contributed by atoms with Crippen molar-refractivity contribution < 1.29 is 4.79 Å². The molecule has 1 unspecified atom stereocenters. The van der Waals surface area contributed by atoms with Crippen LogP contribution in [0.25, 0.3) is 0 Å². The molecule has 0 saturated carbocycles. The molecular formula is C8H7ClN2O. The summed E-state index contributed by atoms with van der Waals surface area (Å²) in [7, 11) is 0. The van der Waals surface area contributed by atoms with Crippen molar-refractivity contribution in [1.29, 1.82) is 0 Å². The van der Waals surface area contributed by atoms with Crippen molar-refractivity contribution in [3.05, 3.63) is 28.8 Å². The number of fused-ring (bicyclic) bond motifs is 1. The molecule has 1 aromatic carbocycles. The molecule has 3 N–H and O–H groups in total. The van der Waals surface area contributed by atoms with Gasteiger partial charge in [-0.25, -0.2) is 0 Å². The zero-order chi connectivity index (χ0) is 8.72. The van der Waals surface area contributed by atoms with Crippen LogP contribution >= 0.6 is 11.6 Å². The zero-order valence-electron chi connectivity index (χ0n) is 6.17. The van der Waals surface area contributed by atoms with E-state index < -0.39 is 6.04 Å². The van der Waals surface area contributed by atoms with Gasteiger partial charge in [-0.2, -0.15) is 0 Å². The molecule has 1 aliphatic heterocycles. The minimum absolute atomic E-state index is 0.174. The zero-order valence-corrected chi connectivity index (χ0v) is 6.93. The second kappa shape index (κ2) is 2.47. The summed E-state index contributed by atoms with van der Waals surface area (Å²) in [6.45, 7) is 0. The fraction of sp³-hybridized carbons (Fsp3) is 0.125. The number of nitrogens with one attached hydrogen (secondary N) is 1. The van der Waals surface area contributed by atoms with Gasteiger partial charge in [0.05, 0.1) is 0 Å². The van der Waals surface area contributed by atoms with Crippen LogP contribution in [-0.4, -0.2) is 5.91 Å².